The van der Waals surface area contributed by atoms with Crippen LogP contribution in [-0.4, -0.2) is 20.7 Å². The van der Waals surface area contributed by atoms with Gasteiger partial charge in [-0.05, 0) is 12.1 Å². The van der Waals surface area contributed by atoms with Gasteiger partial charge in [0.1, 0.15) is 17.3 Å². The standard InChI is InChI=1S/C10H11ClN6O/c1-17-8(4-5-13-17)15-10(18)9-6(11)2-3-7(14-9)16-12/h2-5H,12H2,1H3,(H,14,16)(H,15,18). The van der Waals surface area contributed by atoms with Crippen molar-refractivity contribution in [1.82, 2.24) is 14.8 Å². The van der Waals surface area contributed by atoms with Crippen LogP contribution >= 0.6 is 11.6 Å². The predicted molar refractivity (Wildman–Crippen MR) is 68.2 cm³/mol. The molecule has 18 heavy (non-hydrogen) atoms. The molecule has 94 valence electrons. The number of halogens is 1. The first-order valence-corrected chi connectivity index (χ1v) is 5.42. The van der Waals surface area contributed by atoms with E-state index in [1.807, 2.05) is 0 Å². The monoisotopic (exact) mass is 266 g/mol. The molecule has 7 nitrogen and oxygen atoms in total. The highest BCUT2D eigenvalue weighted by molar-refractivity contribution is 6.34. The largest absolute Gasteiger partial charge is 0.308 e. The number of nitrogens with zero attached hydrogens (tertiary/aromatic N) is 3. The average Bonchev–Trinajstić information content (AvgIpc) is 2.75. The molecule has 0 atom stereocenters. The summed E-state index contributed by atoms with van der Waals surface area (Å²) in [6.07, 6.45) is 1.57. The molecular formula is C10H11ClN6O. The molecule has 2 aromatic heterocycles. The molecule has 0 spiro atoms. The Hall–Kier alpha value is -2.12. The van der Waals surface area contributed by atoms with Crippen LogP contribution in [0.5, 0.6) is 0 Å². The number of carbonyl (C=O) groups excluding carboxylic acids is 1. The van der Waals surface area contributed by atoms with Gasteiger partial charge in [-0.1, -0.05) is 11.6 Å². The average molecular weight is 267 g/mol. The van der Waals surface area contributed by atoms with Gasteiger partial charge in [0.25, 0.3) is 5.91 Å². The number of aryl methyl sites for hydroxylation is 1. The summed E-state index contributed by atoms with van der Waals surface area (Å²) < 4.78 is 1.52. The Morgan fingerprint density at radius 1 is 1.44 bits per heavy atom. The smallest absolute Gasteiger partial charge is 0.277 e. The zero-order chi connectivity index (χ0) is 13.1. The zero-order valence-electron chi connectivity index (χ0n) is 9.51. The molecule has 0 radical (unpaired) electrons. The van der Waals surface area contributed by atoms with Gasteiger partial charge in [-0.2, -0.15) is 5.10 Å². The molecular weight excluding hydrogens is 256 g/mol. The van der Waals surface area contributed by atoms with E-state index in [-0.39, 0.29) is 10.7 Å². The number of aromatic nitrogens is 3. The summed E-state index contributed by atoms with van der Waals surface area (Å²) in [6.45, 7) is 0. The molecule has 0 aliphatic heterocycles. The van der Waals surface area contributed by atoms with E-state index >= 15 is 0 Å². The van der Waals surface area contributed by atoms with Crippen LogP contribution in [0.15, 0.2) is 24.4 Å². The molecule has 0 aliphatic carbocycles. The van der Waals surface area contributed by atoms with Gasteiger partial charge < -0.3 is 10.7 Å². The summed E-state index contributed by atoms with van der Waals surface area (Å²) >= 11 is 5.91. The fraction of sp³-hybridized carbons (Fsp3) is 0.100. The summed E-state index contributed by atoms with van der Waals surface area (Å²) in [6, 6.07) is 4.78. The number of amides is 1. The van der Waals surface area contributed by atoms with E-state index < -0.39 is 5.91 Å². The van der Waals surface area contributed by atoms with Gasteiger partial charge >= 0.3 is 0 Å². The van der Waals surface area contributed by atoms with Crippen molar-refractivity contribution in [2.24, 2.45) is 12.9 Å². The first kappa shape index (κ1) is 12.3. The van der Waals surface area contributed by atoms with Crippen molar-refractivity contribution in [2.45, 2.75) is 0 Å². The Labute approximate surface area is 108 Å². The zero-order valence-corrected chi connectivity index (χ0v) is 10.3. The lowest BCUT2D eigenvalue weighted by atomic mass is 10.3. The highest BCUT2D eigenvalue weighted by atomic mass is 35.5. The van der Waals surface area contributed by atoms with Crippen molar-refractivity contribution in [2.75, 3.05) is 10.7 Å². The van der Waals surface area contributed by atoms with E-state index in [0.717, 1.165) is 0 Å². The first-order valence-electron chi connectivity index (χ1n) is 5.04. The molecule has 0 bridgehead atoms. The number of nitrogens with two attached hydrogens (primary N) is 1. The molecule has 0 aliphatic rings. The van der Waals surface area contributed by atoms with E-state index in [9.17, 15) is 4.79 Å². The minimum absolute atomic E-state index is 0.0910. The van der Waals surface area contributed by atoms with E-state index in [0.29, 0.717) is 11.6 Å². The van der Waals surface area contributed by atoms with Gasteiger partial charge in [-0.3, -0.25) is 9.48 Å². The lowest BCUT2D eigenvalue weighted by Gasteiger charge is -2.07. The normalized spacial score (nSPS) is 10.2. The van der Waals surface area contributed by atoms with Crippen molar-refractivity contribution in [3.8, 4) is 0 Å². The SMILES string of the molecule is Cn1nccc1NC(=O)c1nc(NN)ccc1Cl. The van der Waals surface area contributed by atoms with Crippen LogP contribution in [0, 0.1) is 0 Å². The van der Waals surface area contributed by atoms with Crippen LogP contribution < -0.4 is 16.6 Å². The van der Waals surface area contributed by atoms with Gasteiger partial charge in [-0.15, -0.1) is 0 Å². The third-order valence-electron chi connectivity index (χ3n) is 2.27. The molecule has 4 N–H and O–H groups in total. The van der Waals surface area contributed by atoms with E-state index in [4.69, 9.17) is 17.4 Å². The summed E-state index contributed by atoms with van der Waals surface area (Å²) in [7, 11) is 1.71. The van der Waals surface area contributed by atoms with Crippen molar-refractivity contribution in [3.63, 3.8) is 0 Å². The maximum Gasteiger partial charge on any atom is 0.277 e. The Kier molecular flexibility index (Phi) is 3.45. The van der Waals surface area contributed by atoms with E-state index in [1.165, 1.54) is 4.68 Å². The summed E-state index contributed by atoms with van der Waals surface area (Å²) in [5.41, 5.74) is 2.44. The van der Waals surface area contributed by atoms with Gasteiger partial charge in [-0.25, -0.2) is 10.8 Å². The second-order valence-electron chi connectivity index (χ2n) is 3.47. The number of rotatable bonds is 3. The van der Waals surface area contributed by atoms with Gasteiger partial charge in [0, 0.05) is 13.1 Å². The van der Waals surface area contributed by atoms with Gasteiger partial charge in [0.2, 0.25) is 0 Å². The molecule has 2 heterocycles. The molecule has 0 saturated heterocycles. The number of pyridine rings is 1. The minimum atomic E-state index is -0.430. The molecule has 8 heteroatoms. The second kappa shape index (κ2) is 5.03. The Bertz CT molecular complexity index is 581. The fourth-order valence-corrected chi connectivity index (χ4v) is 1.54. The van der Waals surface area contributed by atoms with Gasteiger partial charge in [0.15, 0.2) is 0 Å². The van der Waals surface area contributed by atoms with Crippen LogP contribution in [0.2, 0.25) is 5.02 Å². The molecule has 0 saturated carbocycles. The Morgan fingerprint density at radius 2 is 2.22 bits per heavy atom. The number of nitrogens with one attached hydrogen (secondary N) is 2. The van der Waals surface area contributed by atoms with Crippen molar-refractivity contribution >= 4 is 29.1 Å². The van der Waals surface area contributed by atoms with Crippen LogP contribution in [0.3, 0.4) is 0 Å². The molecule has 0 unspecified atom stereocenters. The molecule has 2 rings (SSSR count). The first-order chi connectivity index (χ1) is 8.61. The molecule has 2 aromatic rings. The number of carbonyl (C=O) groups is 1. The van der Waals surface area contributed by atoms with Crippen LogP contribution in [0.1, 0.15) is 10.5 Å². The van der Waals surface area contributed by atoms with Crippen molar-refractivity contribution in [1.29, 1.82) is 0 Å². The Balaban J connectivity index is 2.26. The summed E-state index contributed by atoms with van der Waals surface area (Å²) in [5, 5.41) is 6.82. The van der Waals surface area contributed by atoms with Crippen molar-refractivity contribution in [3.05, 3.63) is 35.1 Å². The number of nitrogen functional groups attached to an aromatic ring is 1. The van der Waals surface area contributed by atoms with E-state index in [2.05, 4.69) is 20.8 Å². The highest BCUT2D eigenvalue weighted by Gasteiger charge is 2.14. The quantitative estimate of drug-likeness (QED) is 0.569. The van der Waals surface area contributed by atoms with Gasteiger partial charge in [0.05, 0.1) is 11.2 Å². The van der Waals surface area contributed by atoms with E-state index in [1.54, 1.807) is 31.4 Å². The third kappa shape index (κ3) is 2.41. The maximum atomic E-state index is 12.0. The maximum absolute atomic E-state index is 12.0. The van der Waals surface area contributed by atoms with Crippen LogP contribution in [-0.2, 0) is 7.05 Å². The predicted octanol–water partition coefficient (Wildman–Crippen LogP) is 1.01. The lowest BCUT2D eigenvalue weighted by Crippen LogP contribution is -2.18. The minimum Gasteiger partial charge on any atom is -0.308 e. The number of anilines is 2. The lowest BCUT2D eigenvalue weighted by molar-refractivity contribution is 0.102. The second-order valence-corrected chi connectivity index (χ2v) is 3.87. The summed E-state index contributed by atoms with van der Waals surface area (Å²) in [4.78, 5) is 16.0. The summed E-state index contributed by atoms with van der Waals surface area (Å²) in [5.74, 6) is 5.70. The third-order valence-corrected chi connectivity index (χ3v) is 2.58. The van der Waals surface area contributed by atoms with Crippen LogP contribution in [0.25, 0.3) is 0 Å². The molecule has 0 fully saturated rings. The topological polar surface area (TPSA) is 97.9 Å². The number of hydrogen-bond donors (Lipinski definition) is 3. The van der Waals surface area contributed by atoms with Crippen molar-refractivity contribution < 1.29 is 4.79 Å². The van der Waals surface area contributed by atoms with Crippen LogP contribution in [0.4, 0.5) is 11.6 Å². The number of hydrazine groups is 1. The Morgan fingerprint density at radius 3 is 2.83 bits per heavy atom. The molecule has 1 amide bonds. The molecule has 0 aromatic carbocycles. The number of hydrogen-bond acceptors (Lipinski definition) is 5. The fourth-order valence-electron chi connectivity index (χ4n) is 1.35. The highest BCUT2D eigenvalue weighted by Crippen LogP contribution is 2.17.